The zero-order valence-electron chi connectivity index (χ0n) is 9.94. The summed E-state index contributed by atoms with van der Waals surface area (Å²) in [5, 5.41) is 28.6. The number of aromatic nitrogens is 2. The summed E-state index contributed by atoms with van der Waals surface area (Å²) >= 11 is 0. The van der Waals surface area contributed by atoms with Gasteiger partial charge in [0, 0.05) is 12.3 Å². The molecule has 1 saturated heterocycles. The first-order valence-electron chi connectivity index (χ1n) is 5.58. The number of hydrogen-bond donors (Lipinski definition) is 4. The Bertz CT molecular complexity index is 602. The average molecular weight is 294 g/mol. The summed E-state index contributed by atoms with van der Waals surface area (Å²) < 4.78 is 31.4. The molecule has 0 aromatic carbocycles. The molecule has 1 aliphatic rings. The first-order valence-corrected chi connectivity index (χ1v) is 5.58. The highest BCUT2D eigenvalue weighted by Gasteiger charge is 2.61. The molecule has 1 aromatic heterocycles. The maximum absolute atomic E-state index is 12.9. The van der Waals surface area contributed by atoms with E-state index in [4.69, 9.17) is 9.84 Å². The molecule has 1 fully saturated rings. The van der Waals surface area contributed by atoms with E-state index < -0.39 is 48.3 Å². The van der Waals surface area contributed by atoms with E-state index in [1.54, 1.807) is 0 Å². The Balaban J connectivity index is 2.45. The van der Waals surface area contributed by atoms with E-state index in [9.17, 15) is 28.6 Å². The SMILES string of the molecule is O=c1ccn([C@@H]2O[C@H](CO)[C@](O)(C(F)F)[C@H]2O)c(=O)[nH]1. The lowest BCUT2D eigenvalue weighted by atomic mass is 9.93. The van der Waals surface area contributed by atoms with Crippen molar-refractivity contribution in [3.63, 3.8) is 0 Å². The molecular formula is C10H12F2N2O6. The van der Waals surface area contributed by atoms with E-state index in [2.05, 4.69) is 0 Å². The van der Waals surface area contributed by atoms with Crippen molar-refractivity contribution in [2.24, 2.45) is 0 Å². The second-order valence-corrected chi connectivity index (χ2v) is 4.35. The van der Waals surface area contributed by atoms with Crippen LogP contribution in [0.3, 0.4) is 0 Å². The number of alkyl halides is 2. The predicted octanol–water partition coefficient (Wildman–Crippen LogP) is -2.22. The van der Waals surface area contributed by atoms with Crippen molar-refractivity contribution in [2.45, 2.75) is 30.5 Å². The first-order chi connectivity index (χ1) is 9.32. The van der Waals surface area contributed by atoms with Crippen LogP contribution in [0.5, 0.6) is 0 Å². The molecule has 1 aliphatic heterocycles. The van der Waals surface area contributed by atoms with Crippen LogP contribution in [0, 0.1) is 0 Å². The summed E-state index contributed by atoms with van der Waals surface area (Å²) in [6, 6.07) is 0.922. The van der Waals surface area contributed by atoms with Crippen LogP contribution >= 0.6 is 0 Å². The molecule has 0 saturated carbocycles. The fourth-order valence-corrected chi connectivity index (χ4v) is 2.07. The fourth-order valence-electron chi connectivity index (χ4n) is 2.07. The van der Waals surface area contributed by atoms with Gasteiger partial charge in [-0.2, -0.15) is 0 Å². The van der Waals surface area contributed by atoms with Crippen molar-refractivity contribution in [1.82, 2.24) is 9.55 Å². The Labute approximate surface area is 109 Å². The molecule has 0 spiro atoms. The Hall–Kier alpha value is -1.62. The third-order valence-electron chi connectivity index (χ3n) is 3.20. The molecule has 8 nitrogen and oxygen atoms in total. The first kappa shape index (κ1) is 14.8. The van der Waals surface area contributed by atoms with E-state index in [1.807, 2.05) is 4.98 Å². The van der Waals surface area contributed by atoms with E-state index in [0.717, 1.165) is 12.3 Å². The molecule has 112 valence electrons. The number of halogens is 2. The van der Waals surface area contributed by atoms with Crippen molar-refractivity contribution in [3.05, 3.63) is 33.1 Å². The molecule has 1 aromatic rings. The van der Waals surface area contributed by atoms with Crippen molar-refractivity contribution in [2.75, 3.05) is 6.61 Å². The normalized spacial score (nSPS) is 33.8. The number of aromatic amines is 1. The van der Waals surface area contributed by atoms with Gasteiger partial charge in [-0.15, -0.1) is 0 Å². The van der Waals surface area contributed by atoms with E-state index in [-0.39, 0.29) is 0 Å². The van der Waals surface area contributed by atoms with Gasteiger partial charge in [0.15, 0.2) is 11.8 Å². The van der Waals surface area contributed by atoms with Crippen molar-refractivity contribution < 1.29 is 28.8 Å². The van der Waals surface area contributed by atoms with Gasteiger partial charge in [0.05, 0.1) is 6.61 Å². The van der Waals surface area contributed by atoms with Crippen LogP contribution in [0.2, 0.25) is 0 Å². The number of aliphatic hydroxyl groups excluding tert-OH is 2. The smallest absolute Gasteiger partial charge is 0.330 e. The van der Waals surface area contributed by atoms with Crippen LogP contribution < -0.4 is 11.2 Å². The van der Waals surface area contributed by atoms with Gasteiger partial charge in [-0.3, -0.25) is 14.3 Å². The topological polar surface area (TPSA) is 125 Å². The molecule has 0 bridgehead atoms. The van der Waals surface area contributed by atoms with Crippen LogP contribution in [0.15, 0.2) is 21.9 Å². The summed E-state index contributed by atoms with van der Waals surface area (Å²) in [5.74, 6) is 0. The minimum atomic E-state index is -3.40. The second kappa shape index (κ2) is 5.05. The fraction of sp³-hybridized carbons (Fsp3) is 0.600. The molecule has 10 heteroatoms. The molecule has 20 heavy (non-hydrogen) atoms. The lowest BCUT2D eigenvalue weighted by Crippen LogP contribution is -2.55. The van der Waals surface area contributed by atoms with Crippen LogP contribution in [0.1, 0.15) is 6.23 Å². The summed E-state index contributed by atoms with van der Waals surface area (Å²) in [5.41, 5.74) is -4.74. The molecule has 2 rings (SSSR count). The number of H-pyrrole nitrogens is 1. The highest BCUT2D eigenvalue weighted by atomic mass is 19.3. The van der Waals surface area contributed by atoms with E-state index >= 15 is 0 Å². The van der Waals surface area contributed by atoms with Crippen LogP contribution in [0.4, 0.5) is 8.78 Å². The number of nitrogens with zero attached hydrogens (tertiary/aromatic N) is 1. The lowest BCUT2D eigenvalue weighted by Gasteiger charge is -2.28. The largest absolute Gasteiger partial charge is 0.394 e. The van der Waals surface area contributed by atoms with Crippen LogP contribution in [-0.2, 0) is 4.74 Å². The van der Waals surface area contributed by atoms with E-state index in [0.29, 0.717) is 4.57 Å². The van der Waals surface area contributed by atoms with Gasteiger partial charge < -0.3 is 20.1 Å². The quantitative estimate of drug-likeness (QED) is 0.500. The summed E-state index contributed by atoms with van der Waals surface area (Å²) in [6.45, 7) is -0.980. The van der Waals surface area contributed by atoms with Gasteiger partial charge in [-0.05, 0) is 0 Å². The van der Waals surface area contributed by atoms with Crippen molar-refractivity contribution in [3.8, 4) is 0 Å². The number of aliphatic hydroxyl groups is 3. The number of hydrogen-bond acceptors (Lipinski definition) is 6. The Kier molecular flexibility index (Phi) is 3.73. The third-order valence-corrected chi connectivity index (χ3v) is 3.20. The van der Waals surface area contributed by atoms with Crippen LogP contribution in [-0.4, -0.2) is 55.7 Å². The highest BCUT2D eigenvalue weighted by molar-refractivity contribution is 5.05. The molecule has 0 aliphatic carbocycles. The molecule has 4 N–H and O–H groups in total. The van der Waals surface area contributed by atoms with Crippen molar-refractivity contribution >= 4 is 0 Å². The standard InChI is InChI=1S/C10H12F2N2O6/c11-8(12)10(19)4(3-15)20-7(6(10)17)14-2-1-5(16)13-9(14)18/h1-2,4,6-8,15,17,19H,3H2,(H,13,16,18)/t4-,6+,7-,10-/m1/s1. The van der Waals surface area contributed by atoms with Crippen molar-refractivity contribution in [1.29, 1.82) is 0 Å². The van der Waals surface area contributed by atoms with Gasteiger partial charge >= 0.3 is 5.69 Å². The van der Waals surface area contributed by atoms with E-state index in [1.165, 1.54) is 0 Å². The maximum atomic E-state index is 12.9. The third kappa shape index (κ3) is 2.06. The summed E-state index contributed by atoms with van der Waals surface area (Å²) in [4.78, 5) is 24.3. The number of nitrogens with one attached hydrogen (secondary N) is 1. The molecular weight excluding hydrogens is 282 g/mol. The minimum absolute atomic E-state index is 0.648. The Morgan fingerprint density at radius 3 is 2.60 bits per heavy atom. The van der Waals surface area contributed by atoms with Gasteiger partial charge in [-0.1, -0.05) is 0 Å². The Morgan fingerprint density at radius 2 is 2.15 bits per heavy atom. The monoisotopic (exact) mass is 294 g/mol. The van der Waals surface area contributed by atoms with Gasteiger partial charge in [-0.25, -0.2) is 13.6 Å². The zero-order valence-corrected chi connectivity index (χ0v) is 9.94. The van der Waals surface area contributed by atoms with Gasteiger partial charge in [0.25, 0.3) is 12.0 Å². The second-order valence-electron chi connectivity index (χ2n) is 4.35. The zero-order chi connectivity index (χ0) is 15.1. The molecule has 4 atom stereocenters. The number of rotatable bonds is 3. The highest BCUT2D eigenvalue weighted by Crippen LogP contribution is 2.40. The number of ether oxygens (including phenoxy) is 1. The molecule has 0 unspecified atom stereocenters. The molecule has 2 heterocycles. The molecule has 0 amide bonds. The Morgan fingerprint density at radius 1 is 1.50 bits per heavy atom. The lowest BCUT2D eigenvalue weighted by molar-refractivity contribution is -0.172. The van der Waals surface area contributed by atoms with Gasteiger partial charge in [0.2, 0.25) is 0 Å². The maximum Gasteiger partial charge on any atom is 0.330 e. The predicted molar refractivity (Wildman–Crippen MR) is 59.3 cm³/mol. The summed E-state index contributed by atoms with van der Waals surface area (Å²) in [7, 11) is 0. The minimum Gasteiger partial charge on any atom is -0.394 e. The van der Waals surface area contributed by atoms with Gasteiger partial charge in [0.1, 0.15) is 12.2 Å². The van der Waals surface area contributed by atoms with Crippen LogP contribution in [0.25, 0.3) is 0 Å². The molecule has 0 radical (unpaired) electrons. The average Bonchev–Trinajstić information content (AvgIpc) is 2.64. The summed E-state index contributed by atoms with van der Waals surface area (Å²) in [6.07, 6.45) is -8.07.